The fourth-order valence-electron chi connectivity index (χ4n) is 8.66. The average Bonchev–Trinajstić information content (AvgIpc) is 3.33. The molecule has 0 spiro atoms. The third kappa shape index (κ3) is 56.1. The molecule has 0 saturated carbocycles. The van der Waals surface area contributed by atoms with E-state index in [1.54, 1.807) is 0 Å². The smallest absolute Gasteiger partial charge is 0.306 e. The fraction of sp³-hybridized carbons (Fsp3) is 0.806. The zero-order chi connectivity index (χ0) is 48.5. The van der Waals surface area contributed by atoms with Crippen molar-refractivity contribution in [1.29, 1.82) is 0 Å². The maximum atomic E-state index is 12.3. The lowest BCUT2D eigenvalue weighted by Gasteiger charge is -2.15. The second-order valence-corrected chi connectivity index (χ2v) is 19.7. The summed E-state index contributed by atoms with van der Waals surface area (Å²) in [5.74, 6) is -0.589. The molecular formula is C62H112O5. The van der Waals surface area contributed by atoms with Gasteiger partial charge in [0, 0.05) is 12.8 Å². The predicted molar refractivity (Wildman–Crippen MR) is 293 cm³/mol. The highest BCUT2D eigenvalue weighted by Crippen LogP contribution is 2.17. The van der Waals surface area contributed by atoms with Crippen molar-refractivity contribution in [3.63, 3.8) is 0 Å². The summed E-state index contributed by atoms with van der Waals surface area (Å²) in [6.45, 7) is 4.02. The monoisotopic (exact) mass is 937 g/mol. The normalized spacial score (nSPS) is 12.6. The molecule has 5 nitrogen and oxygen atoms in total. The molecule has 0 aliphatic rings. The van der Waals surface area contributed by atoms with Crippen molar-refractivity contribution in [3.05, 3.63) is 60.8 Å². The Balaban J connectivity index is 3.35. The topological polar surface area (TPSA) is 72.8 Å². The Hall–Kier alpha value is -2.40. The van der Waals surface area contributed by atoms with Gasteiger partial charge < -0.3 is 14.6 Å². The lowest BCUT2D eigenvalue weighted by molar-refractivity contribution is -0.161. The zero-order valence-electron chi connectivity index (χ0n) is 44.7. The first-order valence-electron chi connectivity index (χ1n) is 29.3. The number of unbranched alkanes of at least 4 members (excludes halogenated alkanes) is 36. The van der Waals surface area contributed by atoms with Crippen LogP contribution in [-0.4, -0.2) is 36.4 Å². The van der Waals surface area contributed by atoms with Gasteiger partial charge in [0.15, 0.2) is 6.10 Å². The van der Waals surface area contributed by atoms with Crippen molar-refractivity contribution in [3.8, 4) is 0 Å². The fourth-order valence-corrected chi connectivity index (χ4v) is 8.66. The standard InChI is InChI=1S/C62H112O5/c1-3-5-7-9-11-13-15-17-18-19-20-21-22-23-24-25-26-27-28-29-30-31-32-33-34-35-36-37-38-39-40-41-42-43-44-45-47-49-51-53-55-57-62(65)67-60(58-63)59-66-61(64)56-54-52-50-48-46-16-14-12-10-8-6-4-2/h5,7,11-14,17-18,20-21,60,63H,3-4,6,8-10,15-16,19,22-59H2,1-2H3/b7-5-,13-11-,14-12-,18-17-,21-20-. The van der Waals surface area contributed by atoms with E-state index in [4.69, 9.17) is 9.47 Å². The SMILES string of the molecule is CC/C=C\C/C=C\C/C=C\C/C=C\CCCCCCCCCCCCCCCCCCCCCCCCCCCCCCC(=O)OC(CO)COC(=O)CCCCCCC/C=C\CCCCC. The van der Waals surface area contributed by atoms with Gasteiger partial charge in [-0.25, -0.2) is 0 Å². The van der Waals surface area contributed by atoms with E-state index in [-0.39, 0.29) is 25.2 Å². The average molecular weight is 938 g/mol. The molecule has 0 rings (SSSR count). The third-order valence-corrected chi connectivity index (χ3v) is 13.0. The lowest BCUT2D eigenvalue weighted by atomic mass is 10.0. The van der Waals surface area contributed by atoms with E-state index in [1.807, 2.05) is 0 Å². The molecule has 0 aliphatic carbocycles. The molecule has 0 radical (unpaired) electrons. The van der Waals surface area contributed by atoms with E-state index < -0.39 is 6.10 Å². The highest BCUT2D eigenvalue weighted by molar-refractivity contribution is 5.70. The van der Waals surface area contributed by atoms with Crippen LogP contribution in [0.2, 0.25) is 0 Å². The molecule has 0 aromatic carbocycles. The van der Waals surface area contributed by atoms with Crippen LogP contribution < -0.4 is 0 Å². The molecule has 0 bridgehead atoms. The molecule has 0 fully saturated rings. The van der Waals surface area contributed by atoms with Crippen molar-refractivity contribution in [2.45, 2.75) is 309 Å². The molecular weight excluding hydrogens is 825 g/mol. The Labute approximate surface area is 417 Å². The van der Waals surface area contributed by atoms with Gasteiger partial charge in [0.1, 0.15) is 6.61 Å². The van der Waals surface area contributed by atoms with Crippen molar-refractivity contribution in [2.24, 2.45) is 0 Å². The highest BCUT2D eigenvalue weighted by atomic mass is 16.6. The van der Waals surface area contributed by atoms with Gasteiger partial charge in [-0.05, 0) is 77.0 Å². The summed E-state index contributed by atoms with van der Waals surface area (Å²) < 4.78 is 10.7. The molecule has 1 atom stereocenters. The first kappa shape index (κ1) is 64.6. The van der Waals surface area contributed by atoms with E-state index in [9.17, 15) is 14.7 Å². The van der Waals surface area contributed by atoms with Crippen molar-refractivity contribution in [1.82, 2.24) is 0 Å². The van der Waals surface area contributed by atoms with Crippen LogP contribution in [0.25, 0.3) is 0 Å². The van der Waals surface area contributed by atoms with Gasteiger partial charge in [-0.3, -0.25) is 9.59 Å². The van der Waals surface area contributed by atoms with Gasteiger partial charge >= 0.3 is 11.9 Å². The maximum absolute atomic E-state index is 12.3. The summed E-state index contributed by atoms with van der Waals surface area (Å²) >= 11 is 0. The summed E-state index contributed by atoms with van der Waals surface area (Å²) in [6, 6.07) is 0. The van der Waals surface area contributed by atoms with Crippen molar-refractivity contribution in [2.75, 3.05) is 13.2 Å². The molecule has 1 N–H and O–H groups in total. The lowest BCUT2D eigenvalue weighted by Crippen LogP contribution is -2.28. The molecule has 5 heteroatoms. The number of ether oxygens (including phenoxy) is 2. The Bertz CT molecular complexity index is 1150. The van der Waals surface area contributed by atoms with Gasteiger partial charge in [0.2, 0.25) is 0 Å². The van der Waals surface area contributed by atoms with Gasteiger partial charge in [-0.15, -0.1) is 0 Å². The van der Waals surface area contributed by atoms with E-state index in [0.29, 0.717) is 12.8 Å². The Morgan fingerprint density at radius 3 is 0.985 bits per heavy atom. The van der Waals surface area contributed by atoms with Gasteiger partial charge in [-0.2, -0.15) is 0 Å². The van der Waals surface area contributed by atoms with Crippen LogP contribution in [0.5, 0.6) is 0 Å². The van der Waals surface area contributed by atoms with Crippen LogP contribution in [0.15, 0.2) is 60.8 Å². The zero-order valence-corrected chi connectivity index (χ0v) is 44.7. The van der Waals surface area contributed by atoms with Gasteiger partial charge in [0.25, 0.3) is 0 Å². The van der Waals surface area contributed by atoms with E-state index in [2.05, 4.69) is 74.6 Å². The van der Waals surface area contributed by atoms with Crippen molar-refractivity contribution < 1.29 is 24.2 Å². The number of rotatable bonds is 54. The predicted octanol–water partition coefficient (Wildman–Crippen LogP) is 19.8. The quantitative estimate of drug-likeness (QED) is 0.0374. The number of hydrogen-bond donors (Lipinski definition) is 1. The second-order valence-electron chi connectivity index (χ2n) is 19.7. The van der Waals surface area contributed by atoms with Gasteiger partial charge in [0.05, 0.1) is 6.61 Å². The molecule has 0 aliphatic heterocycles. The third-order valence-electron chi connectivity index (χ3n) is 13.0. The van der Waals surface area contributed by atoms with E-state index >= 15 is 0 Å². The molecule has 0 saturated heterocycles. The minimum atomic E-state index is -0.772. The molecule has 0 heterocycles. The number of carbonyl (C=O) groups excluding carboxylic acids is 2. The first-order chi connectivity index (χ1) is 33.1. The minimum absolute atomic E-state index is 0.0666. The van der Waals surface area contributed by atoms with Crippen LogP contribution in [0.4, 0.5) is 0 Å². The molecule has 0 aromatic rings. The first-order valence-corrected chi connectivity index (χ1v) is 29.3. The highest BCUT2D eigenvalue weighted by Gasteiger charge is 2.16. The number of aliphatic hydroxyl groups is 1. The largest absolute Gasteiger partial charge is 0.462 e. The van der Waals surface area contributed by atoms with Crippen LogP contribution in [0.3, 0.4) is 0 Å². The van der Waals surface area contributed by atoms with Crippen LogP contribution >= 0.6 is 0 Å². The Morgan fingerprint density at radius 2 is 0.642 bits per heavy atom. The number of aliphatic hydroxyl groups excluding tert-OH is 1. The Kier molecular flexibility index (Phi) is 55.8. The molecule has 390 valence electrons. The van der Waals surface area contributed by atoms with Crippen molar-refractivity contribution >= 4 is 11.9 Å². The summed E-state index contributed by atoms with van der Waals surface area (Å²) in [4.78, 5) is 24.4. The summed E-state index contributed by atoms with van der Waals surface area (Å²) in [7, 11) is 0. The molecule has 67 heavy (non-hydrogen) atoms. The maximum Gasteiger partial charge on any atom is 0.306 e. The number of hydrogen-bond acceptors (Lipinski definition) is 5. The number of esters is 2. The van der Waals surface area contributed by atoms with E-state index in [0.717, 1.165) is 70.6 Å². The van der Waals surface area contributed by atoms with Crippen LogP contribution in [0.1, 0.15) is 303 Å². The summed E-state index contributed by atoms with van der Waals surface area (Å²) in [5, 5.41) is 9.61. The number of allylic oxidation sites excluding steroid dienone is 10. The summed E-state index contributed by atoms with van der Waals surface area (Å²) in [5.41, 5.74) is 0. The molecule has 0 aromatic heterocycles. The van der Waals surface area contributed by atoms with Gasteiger partial charge in [-0.1, -0.05) is 274 Å². The summed E-state index contributed by atoms with van der Waals surface area (Å²) in [6.07, 6.45) is 78.1. The minimum Gasteiger partial charge on any atom is -0.462 e. The number of carbonyl (C=O) groups is 2. The van der Waals surface area contributed by atoms with E-state index in [1.165, 1.54) is 205 Å². The van der Waals surface area contributed by atoms with Crippen LogP contribution in [-0.2, 0) is 19.1 Å². The van der Waals surface area contributed by atoms with Crippen LogP contribution in [0, 0.1) is 0 Å². The molecule has 0 amide bonds. The second kappa shape index (κ2) is 57.9. The Morgan fingerprint density at radius 1 is 0.358 bits per heavy atom. The molecule has 1 unspecified atom stereocenters.